The average Bonchev–Trinajstić information content (AvgIpc) is 2.84. The van der Waals surface area contributed by atoms with E-state index < -0.39 is 6.04 Å². The van der Waals surface area contributed by atoms with Crippen molar-refractivity contribution in [3.63, 3.8) is 0 Å². The number of amides is 2. The van der Waals surface area contributed by atoms with Gasteiger partial charge in [-0.3, -0.25) is 9.59 Å². The molecule has 1 N–H and O–H groups in total. The van der Waals surface area contributed by atoms with Gasteiger partial charge in [0, 0.05) is 24.0 Å². The summed E-state index contributed by atoms with van der Waals surface area (Å²) >= 11 is 3.46. The highest BCUT2D eigenvalue weighted by Gasteiger charge is 2.30. The molecule has 1 unspecified atom stereocenters. The topological polar surface area (TPSA) is 58.6 Å². The van der Waals surface area contributed by atoms with E-state index in [-0.39, 0.29) is 18.4 Å². The fourth-order valence-electron chi connectivity index (χ4n) is 4.01. The number of hydrogen-bond donors (Lipinski definition) is 1. The highest BCUT2D eigenvalue weighted by atomic mass is 79.9. The van der Waals surface area contributed by atoms with Crippen LogP contribution in [0.1, 0.15) is 34.7 Å². The van der Waals surface area contributed by atoms with Gasteiger partial charge in [0.15, 0.2) is 6.61 Å². The zero-order valence-electron chi connectivity index (χ0n) is 20.8. The third kappa shape index (κ3) is 7.43. The third-order valence-electron chi connectivity index (χ3n) is 6.00. The van der Waals surface area contributed by atoms with Crippen LogP contribution in [-0.4, -0.2) is 35.9 Å². The van der Waals surface area contributed by atoms with Crippen LogP contribution in [0.3, 0.4) is 0 Å². The van der Waals surface area contributed by atoms with E-state index in [0.29, 0.717) is 25.3 Å². The maximum absolute atomic E-state index is 13.6. The molecule has 0 aliphatic heterocycles. The molecule has 5 nitrogen and oxygen atoms in total. The Labute approximate surface area is 216 Å². The number of likely N-dealkylation sites (N-methyl/N-ethyl adjacent to an activating group) is 1. The first-order chi connectivity index (χ1) is 16.8. The zero-order chi connectivity index (χ0) is 25.4. The Bertz CT molecular complexity index is 1150. The number of benzene rings is 3. The lowest BCUT2D eigenvalue weighted by Gasteiger charge is -2.31. The van der Waals surface area contributed by atoms with Gasteiger partial charge in [0.2, 0.25) is 5.91 Å². The van der Waals surface area contributed by atoms with Gasteiger partial charge in [-0.1, -0.05) is 64.5 Å². The van der Waals surface area contributed by atoms with Gasteiger partial charge < -0.3 is 15.0 Å². The quantitative estimate of drug-likeness (QED) is 0.370. The summed E-state index contributed by atoms with van der Waals surface area (Å²) in [5, 5.41) is 2.91. The summed E-state index contributed by atoms with van der Waals surface area (Å²) in [5.41, 5.74) is 5.12. The van der Waals surface area contributed by atoms with Crippen molar-refractivity contribution >= 4 is 27.7 Å². The Morgan fingerprint density at radius 2 is 1.66 bits per heavy atom. The van der Waals surface area contributed by atoms with Crippen LogP contribution < -0.4 is 10.1 Å². The van der Waals surface area contributed by atoms with Gasteiger partial charge in [0.1, 0.15) is 11.8 Å². The summed E-state index contributed by atoms with van der Waals surface area (Å²) in [4.78, 5) is 28.5. The number of ether oxygens (including phenoxy) is 1. The van der Waals surface area contributed by atoms with E-state index in [1.807, 2.05) is 88.4 Å². The van der Waals surface area contributed by atoms with Gasteiger partial charge >= 0.3 is 0 Å². The molecule has 0 heterocycles. The number of hydrogen-bond acceptors (Lipinski definition) is 3. The first kappa shape index (κ1) is 26.5. The van der Waals surface area contributed by atoms with Crippen LogP contribution in [-0.2, 0) is 22.6 Å². The van der Waals surface area contributed by atoms with Crippen molar-refractivity contribution in [2.45, 2.75) is 46.7 Å². The van der Waals surface area contributed by atoms with Crippen molar-refractivity contribution in [1.82, 2.24) is 10.2 Å². The van der Waals surface area contributed by atoms with E-state index in [2.05, 4.69) is 27.3 Å². The molecule has 3 rings (SSSR count). The molecule has 0 saturated carbocycles. The van der Waals surface area contributed by atoms with Crippen LogP contribution in [0.2, 0.25) is 0 Å². The summed E-state index contributed by atoms with van der Waals surface area (Å²) < 4.78 is 6.96. The maximum Gasteiger partial charge on any atom is 0.261 e. The predicted molar refractivity (Wildman–Crippen MR) is 143 cm³/mol. The SMILES string of the molecule is CCNC(=O)C(Cc1ccccc1)N(Cc1ccc(Br)cc1)C(=O)COc1cc(C)cc(C)c1C. The Morgan fingerprint density at radius 3 is 2.31 bits per heavy atom. The van der Waals surface area contributed by atoms with E-state index in [1.165, 1.54) is 0 Å². The van der Waals surface area contributed by atoms with Crippen LogP contribution in [0.15, 0.2) is 71.2 Å². The lowest BCUT2D eigenvalue weighted by Crippen LogP contribution is -2.51. The van der Waals surface area contributed by atoms with Crippen LogP contribution in [0.5, 0.6) is 5.75 Å². The van der Waals surface area contributed by atoms with Gasteiger partial charge in [0.05, 0.1) is 0 Å². The van der Waals surface area contributed by atoms with E-state index in [9.17, 15) is 9.59 Å². The van der Waals surface area contributed by atoms with Gasteiger partial charge in [-0.05, 0) is 73.7 Å². The predicted octanol–water partition coefficient (Wildman–Crippen LogP) is 5.53. The lowest BCUT2D eigenvalue weighted by atomic mass is 10.0. The second-order valence-corrected chi connectivity index (χ2v) is 9.66. The molecule has 6 heteroatoms. The first-order valence-corrected chi connectivity index (χ1v) is 12.6. The van der Waals surface area contributed by atoms with Crippen molar-refractivity contribution in [3.8, 4) is 5.75 Å². The summed E-state index contributed by atoms with van der Waals surface area (Å²) in [7, 11) is 0. The van der Waals surface area contributed by atoms with Crippen LogP contribution in [0.25, 0.3) is 0 Å². The standard InChI is InChI=1S/C29H33BrN2O3/c1-5-31-29(34)26(17-23-9-7-6-8-10-23)32(18-24-11-13-25(30)14-12-24)28(33)19-35-27-16-20(2)15-21(3)22(27)4/h6-16,26H,5,17-19H2,1-4H3,(H,31,34). The highest BCUT2D eigenvalue weighted by molar-refractivity contribution is 9.10. The fraction of sp³-hybridized carbons (Fsp3) is 0.310. The minimum Gasteiger partial charge on any atom is -0.483 e. The van der Waals surface area contributed by atoms with Gasteiger partial charge in [-0.15, -0.1) is 0 Å². The molecule has 35 heavy (non-hydrogen) atoms. The number of nitrogens with zero attached hydrogens (tertiary/aromatic N) is 1. The van der Waals surface area contributed by atoms with E-state index in [0.717, 1.165) is 32.3 Å². The Balaban J connectivity index is 1.91. The maximum atomic E-state index is 13.6. The van der Waals surface area contributed by atoms with Crippen molar-refractivity contribution in [2.24, 2.45) is 0 Å². The molecule has 3 aromatic rings. The fourth-order valence-corrected chi connectivity index (χ4v) is 4.27. The number of carbonyl (C=O) groups is 2. The largest absolute Gasteiger partial charge is 0.483 e. The van der Waals surface area contributed by atoms with E-state index in [1.54, 1.807) is 4.90 Å². The van der Waals surface area contributed by atoms with E-state index >= 15 is 0 Å². The van der Waals surface area contributed by atoms with Gasteiger partial charge in [-0.2, -0.15) is 0 Å². The molecule has 0 fully saturated rings. The van der Waals surface area contributed by atoms with Gasteiger partial charge in [-0.25, -0.2) is 0 Å². The summed E-state index contributed by atoms with van der Waals surface area (Å²) in [6, 6.07) is 20.9. The Hall–Kier alpha value is -3.12. The number of rotatable bonds is 10. The first-order valence-electron chi connectivity index (χ1n) is 11.8. The molecule has 3 aromatic carbocycles. The second kappa shape index (κ2) is 12.5. The molecule has 1 atom stereocenters. The monoisotopic (exact) mass is 536 g/mol. The molecule has 2 amide bonds. The molecule has 0 radical (unpaired) electrons. The lowest BCUT2D eigenvalue weighted by molar-refractivity contribution is -0.142. The number of nitrogens with one attached hydrogen (secondary N) is 1. The van der Waals surface area contributed by atoms with Crippen molar-refractivity contribution in [2.75, 3.05) is 13.2 Å². The minimum atomic E-state index is -0.669. The summed E-state index contributed by atoms with van der Waals surface area (Å²) in [5.74, 6) is 0.278. The molecular weight excluding hydrogens is 504 g/mol. The van der Waals surface area contributed by atoms with Crippen molar-refractivity contribution in [3.05, 3.63) is 99.0 Å². The molecule has 0 aromatic heterocycles. The molecule has 0 saturated heterocycles. The summed E-state index contributed by atoms with van der Waals surface area (Å²) in [6.07, 6.45) is 0.414. The number of aryl methyl sites for hydroxylation is 2. The molecule has 184 valence electrons. The van der Waals surface area contributed by atoms with Gasteiger partial charge in [0.25, 0.3) is 5.91 Å². The molecule has 0 aliphatic rings. The smallest absolute Gasteiger partial charge is 0.261 e. The van der Waals surface area contributed by atoms with Crippen LogP contribution in [0.4, 0.5) is 0 Å². The Kier molecular flexibility index (Phi) is 9.49. The van der Waals surface area contributed by atoms with Crippen molar-refractivity contribution < 1.29 is 14.3 Å². The van der Waals surface area contributed by atoms with Crippen LogP contribution in [0, 0.1) is 20.8 Å². The Morgan fingerprint density at radius 1 is 0.971 bits per heavy atom. The number of carbonyl (C=O) groups excluding carboxylic acids is 2. The average molecular weight is 537 g/mol. The second-order valence-electron chi connectivity index (χ2n) is 8.74. The molecule has 0 bridgehead atoms. The molecule has 0 spiro atoms. The minimum absolute atomic E-state index is 0.148. The highest BCUT2D eigenvalue weighted by Crippen LogP contribution is 2.24. The molecular formula is C29H33BrN2O3. The summed E-state index contributed by atoms with van der Waals surface area (Å²) in [6.45, 7) is 8.54. The third-order valence-corrected chi connectivity index (χ3v) is 6.53. The van der Waals surface area contributed by atoms with Crippen LogP contribution >= 0.6 is 15.9 Å². The number of halogens is 1. The van der Waals surface area contributed by atoms with Crippen molar-refractivity contribution in [1.29, 1.82) is 0 Å². The molecule has 0 aliphatic carbocycles. The normalized spacial score (nSPS) is 11.6. The van der Waals surface area contributed by atoms with E-state index in [4.69, 9.17) is 4.74 Å². The zero-order valence-corrected chi connectivity index (χ0v) is 22.4.